The number of carbonyl (C=O) groups is 1. The fourth-order valence-electron chi connectivity index (χ4n) is 2.90. The molecule has 1 aliphatic carbocycles. The molecular weight excluding hydrogens is 222 g/mol. The van der Waals surface area contributed by atoms with Crippen LogP contribution in [0.5, 0.6) is 0 Å². The number of hydrogen-bond donors (Lipinski definition) is 1. The van der Waals surface area contributed by atoms with E-state index in [4.69, 9.17) is 11.6 Å². The average molecular weight is 246 g/mol. The molecule has 1 amide bonds. The number of alkyl halides is 1. The van der Waals surface area contributed by atoms with E-state index in [-0.39, 0.29) is 5.91 Å². The predicted molar refractivity (Wildman–Crippen MR) is 68.7 cm³/mol. The molecule has 0 heterocycles. The van der Waals surface area contributed by atoms with Crippen molar-refractivity contribution in [2.24, 2.45) is 11.3 Å². The zero-order chi connectivity index (χ0) is 12.0. The molecule has 1 fully saturated rings. The number of halogens is 1. The molecule has 1 aliphatic rings. The monoisotopic (exact) mass is 245 g/mol. The van der Waals surface area contributed by atoms with Gasteiger partial charge < -0.3 is 5.32 Å². The molecular formula is C13H24ClNO. The van der Waals surface area contributed by atoms with Crippen molar-refractivity contribution in [3.05, 3.63) is 0 Å². The number of nitrogens with one attached hydrogen (secondary N) is 1. The predicted octanol–water partition coefficient (Wildman–Crippen LogP) is 3.34. The van der Waals surface area contributed by atoms with Gasteiger partial charge in [0.05, 0.1) is 0 Å². The van der Waals surface area contributed by atoms with Crippen molar-refractivity contribution in [3.63, 3.8) is 0 Å². The maximum Gasteiger partial charge on any atom is 0.221 e. The van der Waals surface area contributed by atoms with Crippen LogP contribution in [0.25, 0.3) is 0 Å². The van der Waals surface area contributed by atoms with Crippen LogP contribution in [0, 0.1) is 11.3 Å². The second kappa shape index (κ2) is 6.48. The molecule has 0 aromatic rings. The Kier molecular flexibility index (Phi) is 5.60. The highest BCUT2D eigenvalue weighted by Crippen LogP contribution is 2.42. The average Bonchev–Trinajstić information content (AvgIpc) is 2.64. The van der Waals surface area contributed by atoms with Gasteiger partial charge in [0.25, 0.3) is 0 Å². The Hall–Kier alpha value is -0.240. The molecule has 0 radical (unpaired) electrons. The van der Waals surface area contributed by atoms with Gasteiger partial charge in [0.1, 0.15) is 0 Å². The highest BCUT2D eigenvalue weighted by Gasteiger charge is 2.34. The molecule has 0 saturated heterocycles. The lowest BCUT2D eigenvalue weighted by molar-refractivity contribution is -0.121. The van der Waals surface area contributed by atoms with E-state index in [0.717, 1.165) is 6.54 Å². The van der Waals surface area contributed by atoms with Crippen molar-refractivity contribution < 1.29 is 4.79 Å². The van der Waals surface area contributed by atoms with Crippen LogP contribution in [0.4, 0.5) is 0 Å². The number of rotatable bonds is 6. The Morgan fingerprint density at radius 3 is 2.50 bits per heavy atom. The second-order valence-electron chi connectivity index (χ2n) is 5.52. The lowest BCUT2D eigenvalue weighted by Crippen LogP contribution is -2.36. The first kappa shape index (κ1) is 13.8. The molecule has 0 aromatic carbocycles. The summed E-state index contributed by atoms with van der Waals surface area (Å²) in [6.07, 6.45) is 6.85. The van der Waals surface area contributed by atoms with E-state index in [1.165, 1.54) is 32.1 Å². The van der Waals surface area contributed by atoms with E-state index in [1.54, 1.807) is 0 Å². The molecule has 0 aliphatic heterocycles. The van der Waals surface area contributed by atoms with Crippen LogP contribution >= 0.6 is 11.6 Å². The minimum Gasteiger partial charge on any atom is -0.356 e. The van der Waals surface area contributed by atoms with Gasteiger partial charge in [-0.1, -0.05) is 26.7 Å². The Morgan fingerprint density at radius 2 is 2.00 bits per heavy atom. The largest absolute Gasteiger partial charge is 0.356 e. The summed E-state index contributed by atoms with van der Waals surface area (Å²) in [5.74, 6) is 1.23. The lowest BCUT2D eigenvalue weighted by Gasteiger charge is -2.31. The first-order valence-electron chi connectivity index (χ1n) is 6.41. The topological polar surface area (TPSA) is 29.1 Å². The summed E-state index contributed by atoms with van der Waals surface area (Å²) in [6, 6.07) is 0. The summed E-state index contributed by atoms with van der Waals surface area (Å²) in [4.78, 5) is 11.4. The quantitative estimate of drug-likeness (QED) is 0.715. The Bertz CT molecular complexity index is 222. The molecule has 0 bridgehead atoms. The van der Waals surface area contributed by atoms with Gasteiger partial charge in [0.2, 0.25) is 5.91 Å². The molecule has 94 valence electrons. The van der Waals surface area contributed by atoms with Gasteiger partial charge in [-0.2, -0.15) is 0 Å². The normalized spacial score (nSPS) is 19.0. The second-order valence-corrected chi connectivity index (χ2v) is 5.90. The smallest absolute Gasteiger partial charge is 0.221 e. The van der Waals surface area contributed by atoms with Gasteiger partial charge in [-0.25, -0.2) is 0 Å². The molecule has 0 atom stereocenters. The molecule has 1 N–H and O–H groups in total. The maximum absolute atomic E-state index is 11.4. The SMILES string of the molecule is CC(C)CC1(CNC(=O)CCCl)CCCC1. The van der Waals surface area contributed by atoms with Crippen molar-refractivity contribution in [3.8, 4) is 0 Å². The molecule has 0 aromatic heterocycles. The van der Waals surface area contributed by atoms with Crippen molar-refractivity contribution >= 4 is 17.5 Å². The maximum atomic E-state index is 11.4. The van der Waals surface area contributed by atoms with Gasteiger partial charge >= 0.3 is 0 Å². The van der Waals surface area contributed by atoms with Crippen molar-refractivity contribution in [2.75, 3.05) is 12.4 Å². The van der Waals surface area contributed by atoms with E-state index in [9.17, 15) is 4.79 Å². The summed E-state index contributed by atoms with van der Waals surface area (Å²) < 4.78 is 0. The van der Waals surface area contributed by atoms with Crippen LogP contribution in [0.3, 0.4) is 0 Å². The first-order chi connectivity index (χ1) is 7.58. The number of hydrogen-bond acceptors (Lipinski definition) is 1. The van der Waals surface area contributed by atoms with Crippen molar-refractivity contribution in [2.45, 2.75) is 52.4 Å². The fraction of sp³-hybridized carbons (Fsp3) is 0.923. The van der Waals surface area contributed by atoms with Gasteiger partial charge in [-0.3, -0.25) is 4.79 Å². The highest BCUT2D eigenvalue weighted by atomic mass is 35.5. The van der Waals surface area contributed by atoms with Crippen molar-refractivity contribution in [1.82, 2.24) is 5.32 Å². The van der Waals surface area contributed by atoms with E-state index < -0.39 is 0 Å². The van der Waals surface area contributed by atoms with E-state index >= 15 is 0 Å². The van der Waals surface area contributed by atoms with Crippen LogP contribution in [-0.4, -0.2) is 18.3 Å². The zero-order valence-electron chi connectivity index (χ0n) is 10.5. The standard InChI is InChI=1S/C13H24ClNO/c1-11(2)9-13(6-3-4-7-13)10-15-12(16)5-8-14/h11H,3-10H2,1-2H3,(H,15,16). The van der Waals surface area contributed by atoms with E-state index in [0.29, 0.717) is 23.6 Å². The van der Waals surface area contributed by atoms with Crippen LogP contribution in [0.15, 0.2) is 0 Å². The van der Waals surface area contributed by atoms with Crippen LogP contribution in [-0.2, 0) is 4.79 Å². The number of amides is 1. The van der Waals surface area contributed by atoms with Gasteiger partial charge in [-0.15, -0.1) is 11.6 Å². The minimum atomic E-state index is 0.102. The summed E-state index contributed by atoms with van der Waals surface area (Å²) in [5, 5.41) is 3.05. The molecule has 1 saturated carbocycles. The van der Waals surface area contributed by atoms with Crippen LogP contribution < -0.4 is 5.32 Å². The molecule has 16 heavy (non-hydrogen) atoms. The molecule has 0 spiro atoms. The zero-order valence-corrected chi connectivity index (χ0v) is 11.3. The van der Waals surface area contributed by atoms with Gasteiger partial charge in [0.15, 0.2) is 0 Å². The Morgan fingerprint density at radius 1 is 1.38 bits per heavy atom. The van der Waals surface area contributed by atoms with E-state index in [2.05, 4.69) is 19.2 Å². The molecule has 0 unspecified atom stereocenters. The van der Waals surface area contributed by atoms with Gasteiger partial charge in [-0.05, 0) is 30.6 Å². The summed E-state index contributed by atoms with van der Waals surface area (Å²) in [5.41, 5.74) is 0.371. The van der Waals surface area contributed by atoms with Crippen LogP contribution in [0.2, 0.25) is 0 Å². The highest BCUT2D eigenvalue weighted by molar-refractivity contribution is 6.18. The summed E-state index contributed by atoms with van der Waals surface area (Å²) in [6.45, 7) is 5.38. The third-order valence-corrected chi connectivity index (χ3v) is 3.68. The van der Waals surface area contributed by atoms with Crippen molar-refractivity contribution in [1.29, 1.82) is 0 Å². The molecule has 3 heteroatoms. The summed E-state index contributed by atoms with van der Waals surface area (Å²) >= 11 is 5.55. The molecule has 2 nitrogen and oxygen atoms in total. The lowest BCUT2D eigenvalue weighted by atomic mass is 9.78. The van der Waals surface area contributed by atoms with Gasteiger partial charge in [0, 0.05) is 18.8 Å². The third kappa shape index (κ3) is 4.32. The number of carbonyl (C=O) groups excluding carboxylic acids is 1. The molecule has 1 rings (SSSR count). The Labute approximate surface area is 104 Å². The summed E-state index contributed by atoms with van der Waals surface area (Å²) in [7, 11) is 0. The minimum absolute atomic E-state index is 0.102. The fourth-order valence-corrected chi connectivity index (χ4v) is 3.08. The van der Waals surface area contributed by atoms with E-state index in [1.807, 2.05) is 0 Å². The van der Waals surface area contributed by atoms with Crippen LogP contribution in [0.1, 0.15) is 52.4 Å². The third-order valence-electron chi connectivity index (χ3n) is 3.49. The Balaban J connectivity index is 2.42. The first-order valence-corrected chi connectivity index (χ1v) is 6.94.